The van der Waals surface area contributed by atoms with Crippen LogP contribution in [0.5, 0.6) is 0 Å². The molecule has 24 heavy (non-hydrogen) atoms. The number of hydrogen-bond acceptors (Lipinski definition) is 3. The van der Waals surface area contributed by atoms with Gasteiger partial charge in [-0.05, 0) is 37.1 Å². The van der Waals surface area contributed by atoms with Crippen molar-refractivity contribution in [3.05, 3.63) is 60.1 Å². The van der Waals surface area contributed by atoms with Gasteiger partial charge in [0.1, 0.15) is 5.76 Å². The molecule has 2 heterocycles. The lowest BCUT2D eigenvalue weighted by molar-refractivity contribution is -0.123. The number of carbonyl (C=O) groups is 2. The van der Waals surface area contributed by atoms with Gasteiger partial charge in [-0.1, -0.05) is 18.2 Å². The van der Waals surface area contributed by atoms with Crippen LogP contribution in [0.2, 0.25) is 0 Å². The predicted molar refractivity (Wildman–Crippen MR) is 88.1 cm³/mol. The molecule has 2 atom stereocenters. The standard InChI is InChI=1S/C19H20N2O3/c22-17(20-12-15-7-4-10-24-15)16-11-19(16)8-9-21(13-19)18(23)14-5-2-1-3-6-14/h1-7,10,16H,8-9,11-13H2,(H,20,22)/t16-,19+/m0/s1. The van der Waals surface area contributed by atoms with E-state index in [-0.39, 0.29) is 23.1 Å². The number of rotatable bonds is 4. The molecule has 124 valence electrons. The van der Waals surface area contributed by atoms with Crippen LogP contribution in [0, 0.1) is 11.3 Å². The van der Waals surface area contributed by atoms with Crippen LogP contribution in [-0.4, -0.2) is 29.8 Å². The van der Waals surface area contributed by atoms with Crippen molar-refractivity contribution >= 4 is 11.8 Å². The first-order valence-electron chi connectivity index (χ1n) is 8.32. The van der Waals surface area contributed by atoms with E-state index in [4.69, 9.17) is 4.42 Å². The van der Waals surface area contributed by atoms with Crippen LogP contribution in [-0.2, 0) is 11.3 Å². The Kier molecular flexibility index (Phi) is 3.63. The number of hydrogen-bond donors (Lipinski definition) is 1. The van der Waals surface area contributed by atoms with Crippen LogP contribution in [0.4, 0.5) is 0 Å². The molecule has 1 aliphatic carbocycles. The van der Waals surface area contributed by atoms with Gasteiger partial charge < -0.3 is 14.6 Å². The minimum absolute atomic E-state index is 0.0148. The van der Waals surface area contributed by atoms with Gasteiger partial charge in [0.25, 0.3) is 5.91 Å². The molecule has 1 aliphatic heterocycles. The van der Waals surface area contributed by atoms with Crippen molar-refractivity contribution in [2.24, 2.45) is 11.3 Å². The Balaban J connectivity index is 1.34. The van der Waals surface area contributed by atoms with E-state index >= 15 is 0 Å². The molecule has 2 aromatic rings. The molecule has 2 aliphatic rings. The van der Waals surface area contributed by atoms with Crippen LogP contribution < -0.4 is 5.32 Å². The van der Waals surface area contributed by atoms with Gasteiger partial charge in [0.05, 0.1) is 12.8 Å². The largest absolute Gasteiger partial charge is 0.467 e. The highest BCUT2D eigenvalue weighted by atomic mass is 16.3. The van der Waals surface area contributed by atoms with Crippen LogP contribution in [0.3, 0.4) is 0 Å². The summed E-state index contributed by atoms with van der Waals surface area (Å²) >= 11 is 0. The third-order valence-corrected chi connectivity index (χ3v) is 5.22. The number of nitrogens with one attached hydrogen (secondary N) is 1. The zero-order valence-corrected chi connectivity index (χ0v) is 13.4. The number of likely N-dealkylation sites (tertiary alicyclic amines) is 1. The SMILES string of the molecule is O=C(NCc1ccco1)[C@@H]1C[C@@]12CCN(C(=O)c1ccccc1)C2. The van der Waals surface area contributed by atoms with Crippen molar-refractivity contribution in [2.75, 3.05) is 13.1 Å². The predicted octanol–water partition coefficient (Wildman–Crippen LogP) is 2.45. The van der Waals surface area contributed by atoms with Crippen molar-refractivity contribution < 1.29 is 14.0 Å². The first kappa shape index (κ1) is 15.0. The number of amides is 2. The van der Waals surface area contributed by atoms with Crippen LogP contribution in [0.1, 0.15) is 29.0 Å². The summed E-state index contributed by atoms with van der Waals surface area (Å²) in [5.41, 5.74) is 0.701. The summed E-state index contributed by atoms with van der Waals surface area (Å²) in [4.78, 5) is 26.8. The van der Waals surface area contributed by atoms with Crippen LogP contribution in [0.15, 0.2) is 53.1 Å². The zero-order chi connectivity index (χ0) is 16.6. The van der Waals surface area contributed by atoms with Crippen molar-refractivity contribution in [3.8, 4) is 0 Å². The minimum atomic E-state index is -0.0162. The molecule has 1 saturated carbocycles. The lowest BCUT2D eigenvalue weighted by Gasteiger charge is -2.16. The van der Waals surface area contributed by atoms with Gasteiger partial charge in [0.2, 0.25) is 5.91 Å². The normalized spacial score (nSPS) is 25.0. The fourth-order valence-electron chi connectivity index (χ4n) is 3.71. The fraction of sp³-hybridized carbons (Fsp3) is 0.368. The van der Waals surface area contributed by atoms with Crippen molar-refractivity contribution in [1.29, 1.82) is 0 Å². The molecule has 5 heteroatoms. The maximum atomic E-state index is 12.5. The third-order valence-electron chi connectivity index (χ3n) is 5.22. The van der Waals surface area contributed by atoms with E-state index in [1.54, 1.807) is 6.26 Å². The molecule has 0 radical (unpaired) electrons. The lowest BCUT2D eigenvalue weighted by Crippen LogP contribution is -2.31. The second kappa shape index (κ2) is 5.82. The van der Waals surface area contributed by atoms with Crippen molar-refractivity contribution in [3.63, 3.8) is 0 Å². The molecule has 2 amide bonds. The Labute approximate surface area is 140 Å². The summed E-state index contributed by atoms with van der Waals surface area (Å²) in [6.07, 6.45) is 3.38. The van der Waals surface area contributed by atoms with Gasteiger partial charge in [0.15, 0.2) is 0 Å². The summed E-state index contributed by atoms with van der Waals surface area (Å²) in [7, 11) is 0. The summed E-state index contributed by atoms with van der Waals surface area (Å²) in [6.45, 7) is 1.83. The fourth-order valence-corrected chi connectivity index (χ4v) is 3.71. The highest BCUT2D eigenvalue weighted by Crippen LogP contribution is 2.58. The van der Waals surface area contributed by atoms with Gasteiger partial charge in [0, 0.05) is 30.0 Å². The van der Waals surface area contributed by atoms with Crippen LogP contribution >= 0.6 is 0 Å². The Morgan fingerprint density at radius 2 is 2.04 bits per heavy atom. The molecular formula is C19H20N2O3. The molecule has 1 aromatic heterocycles. The molecule has 5 nitrogen and oxygen atoms in total. The Hall–Kier alpha value is -2.56. The van der Waals surface area contributed by atoms with Gasteiger partial charge in [-0.3, -0.25) is 9.59 Å². The van der Waals surface area contributed by atoms with Crippen molar-refractivity contribution in [1.82, 2.24) is 10.2 Å². The van der Waals surface area contributed by atoms with E-state index in [1.165, 1.54) is 0 Å². The lowest BCUT2D eigenvalue weighted by atomic mass is 10.0. The van der Waals surface area contributed by atoms with E-state index in [0.717, 1.165) is 25.1 Å². The Morgan fingerprint density at radius 3 is 2.79 bits per heavy atom. The number of benzene rings is 1. The Bertz CT molecular complexity index is 741. The molecule has 1 aromatic carbocycles. The molecule has 2 fully saturated rings. The van der Waals surface area contributed by atoms with Crippen molar-refractivity contribution in [2.45, 2.75) is 19.4 Å². The average Bonchev–Trinajstić information content (AvgIpc) is 2.95. The number of nitrogens with zero attached hydrogens (tertiary/aromatic N) is 1. The molecule has 0 bridgehead atoms. The summed E-state index contributed by atoms with van der Waals surface area (Å²) in [5.74, 6) is 0.904. The second-order valence-electron chi connectivity index (χ2n) is 6.76. The van der Waals surface area contributed by atoms with E-state index in [9.17, 15) is 9.59 Å². The molecule has 1 N–H and O–H groups in total. The van der Waals surface area contributed by atoms with E-state index in [1.807, 2.05) is 47.4 Å². The van der Waals surface area contributed by atoms with Gasteiger partial charge in [-0.15, -0.1) is 0 Å². The number of furan rings is 1. The average molecular weight is 324 g/mol. The molecule has 0 unspecified atom stereocenters. The first-order valence-corrected chi connectivity index (χ1v) is 8.32. The highest BCUT2D eigenvalue weighted by molar-refractivity contribution is 5.94. The molecule has 4 rings (SSSR count). The smallest absolute Gasteiger partial charge is 0.253 e. The molecule has 1 spiro atoms. The molecular weight excluding hydrogens is 304 g/mol. The second-order valence-corrected chi connectivity index (χ2v) is 6.76. The van der Waals surface area contributed by atoms with Crippen LogP contribution in [0.25, 0.3) is 0 Å². The topological polar surface area (TPSA) is 62.6 Å². The summed E-state index contributed by atoms with van der Waals surface area (Å²) < 4.78 is 5.23. The quantitative estimate of drug-likeness (QED) is 0.939. The molecule has 1 saturated heterocycles. The van der Waals surface area contributed by atoms with E-state index in [2.05, 4.69) is 5.32 Å². The maximum Gasteiger partial charge on any atom is 0.253 e. The number of carbonyl (C=O) groups excluding carboxylic acids is 2. The van der Waals surface area contributed by atoms with E-state index in [0.29, 0.717) is 18.7 Å². The zero-order valence-electron chi connectivity index (χ0n) is 13.4. The van der Waals surface area contributed by atoms with Gasteiger partial charge >= 0.3 is 0 Å². The maximum absolute atomic E-state index is 12.5. The summed E-state index contributed by atoms with van der Waals surface area (Å²) in [6, 6.07) is 13.0. The summed E-state index contributed by atoms with van der Waals surface area (Å²) in [5, 5.41) is 2.94. The monoisotopic (exact) mass is 324 g/mol. The first-order chi connectivity index (χ1) is 11.7. The Morgan fingerprint density at radius 1 is 1.21 bits per heavy atom. The third kappa shape index (κ3) is 2.70. The minimum Gasteiger partial charge on any atom is -0.467 e. The van der Waals surface area contributed by atoms with E-state index < -0.39 is 0 Å². The van der Waals surface area contributed by atoms with Gasteiger partial charge in [-0.25, -0.2) is 0 Å². The highest BCUT2D eigenvalue weighted by Gasteiger charge is 2.61. The van der Waals surface area contributed by atoms with Gasteiger partial charge in [-0.2, -0.15) is 0 Å².